The number of aromatic nitrogens is 2. The first kappa shape index (κ1) is 18.9. The van der Waals surface area contributed by atoms with Crippen LogP contribution in [0.2, 0.25) is 0 Å². The van der Waals surface area contributed by atoms with E-state index in [2.05, 4.69) is 54.9 Å². The van der Waals surface area contributed by atoms with Gasteiger partial charge in [-0.05, 0) is 41.6 Å². The van der Waals surface area contributed by atoms with Crippen molar-refractivity contribution >= 4 is 22.1 Å². The van der Waals surface area contributed by atoms with Crippen LogP contribution in [-0.2, 0) is 13.1 Å². The van der Waals surface area contributed by atoms with E-state index in [1.165, 1.54) is 16.5 Å². The number of nitrogens with one attached hydrogen (secondary N) is 1. The summed E-state index contributed by atoms with van der Waals surface area (Å²) >= 11 is 0. The summed E-state index contributed by atoms with van der Waals surface area (Å²) in [4.78, 5) is 10.5. The summed E-state index contributed by atoms with van der Waals surface area (Å²) in [5, 5.41) is 6.10. The van der Waals surface area contributed by atoms with Crippen molar-refractivity contribution in [2.24, 2.45) is 0 Å². The van der Waals surface area contributed by atoms with Gasteiger partial charge in [0.25, 0.3) is 0 Å². The number of hydrogen-bond donors (Lipinski definition) is 1. The van der Waals surface area contributed by atoms with E-state index in [9.17, 15) is 0 Å². The van der Waals surface area contributed by atoms with Gasteiger partial charge in [-0.25, -0.2) is 9.83 Å². The van der Waals surface area contributed by atoms with Crippen LogP contribution < -0.4 is 15.0 Å². The number of imidazole rings is 1. The van der Waals surface area contributed by atoms with E-state index in [1.807, 2.05) is 36.8 Å². The number of benzene rings is 3. The van der Waals surface area contributed by atoms with E-state index in [-0.39, 0.29) is 0 Å². The zero-order valence-corrected chi connectivity index (χ0v) is 17.7. The van der Waals surface area contributed by atoms with Crippen molar-refractivity contribution in [1.29, 1.82) is 0 Å². The van der Waals surface area contributed by atoms with Crippen LogP contribution in [0.4, 0.5) is 11.4 Å². The zero-order valence-electron chi connectivity index (χ0n) is 17.7. The highest BCUT2D eigenvalue weighted by molar-refractivity contribution is 5.95. The molecule has 0 aliphatic carbocycles. The highest BCUT2D eigenvalue weighted by atomic mass is 16.5. The smallest absolute Gasteiger partial charge is 0.228 e. The van der Waals surface area contributed by atoms with E-state index >= 15 is 0 Å². The van der Waals surface area contributed by atoms with Crippen molar-refractivity contribution in [3.63, 3.8) is 0 Å². The minimum Gasteiger partial charge on any atom is -0.468 e. The predicted molar refractivity (Wildman–Crippen MR) is 126 cm³/mol. The van der Waals surface area contributed by atoms with Crippen LogP contribution in [0.3, 0.4) is 0 Å². The van der Waals surface area contributed by atoms with Gasteiger partial charge in [0.05, 0.1) is 18.6 Å². The van der Waals surface area contributed by atoms with Crippen LogP contribution in [0.25, 0.3) is 15.6 Å². The first-order valence-electron chi connectivity index (χ1n) is 11.0. The Kier molecular flexibility index (Phi) is 4.55. The van der Waals surface area contributed by atoms with Gasteiger partial charge < -0.3 is 19.5 Å². The average Bonchev–Trinajstić information content (AvgIpc) is 3.46. The fraction of sp³-hybridized carbons (Fsp3) is 0.231. The number of hydrogen-bond acceptors (Lipinski definition) is 4. The molecule has 4 aromatic rings. The summed E-state index contributed by atoms with van der Waals surface area (Å²) in [6, 6.07) is 18.9. The quantitative estimate of drug-likeness (QED) is 0.401. The summed E-state index contributed by atoms with van der Waals surface area (Å²) in [7, 11) is 0. The maximum absolute atomic E-state index is 7.58. The van der Waals surface area contributed by atoms with E-state index in [1.54, 1.807) is 0 Å². The highest BCUT2D eigenvalue weighted by Crippen LogP contribution is 2.37. The fourth-order valence-corrected chi connectivity index (χ4v) is 4.76. The van der Waals surface area contributed by atoms with Crippen LogP contribution in [0.1, 0.15) is 17.7 Å². The van der Waals surface area contributed by atoms with Crippen LogP contribution >= 0.6 is 0 Å². The topological polar surface area (TPSA) is 46.7 Å². The molecule has 0 spiro atoms. The molecule has 32 heavy (non-hydrogen) atoms. The number of rotatable bonds is 0. The van der Waals surface area contributed by atoms with E-state index in [0.717, 1.165) is 43.1 Å². The molecule has 2 aliphatic rings. The lowest BCUT2D eigenvalue weighted by Crippen LogP contribution is -2.32. The summed E-state index contributed by atoms with van der Waals surface area (Å²) in [5.74, 6) is 1.33. The second kappa shape index (κ2) is 7.70. The number of anilines is 1. The Balaban J connectivity index is 1.49. The van der Waals surface area contributed by atoms with Gasteiger partial charge in [-0.3, -0.25) is 0 Å². The molecule has 6 heteroatoms. The molecule has 1 saturated heterocycles. The maximum atomic E-state index is 7.58. The monoisotopic (exact) mass is 421 g/mol. The van der Waals surface area contributed by atoms with Gasteiger partial charge in [0.1, 0.15) is 11.5 Å². The molecule has 6 bridgehead atoms. The van der Waals surface area contributed by atoms with Gasteiger partial charge in [-0.1, -0.05) is 30.3 Å². The lowest BCUT2D eigenvalue weighted by atomic mass is 10.1. The lowest BCUT2D eigenvalue weighted by Gasteiger charge is -2.22. The molecule has 0 amide bonds. The molecule has 0 radical (unpaired) electrons. The van der Waals surface area contributed by atoms with Crippen molar-refractivity contribution < 1.29 is 4.74 Å². The molecule has 2 aliphatic heterocycles. The Morgan fingerprint density at radius 1 is 1.12 bits per heavy atom. The minimum absolute atomic E-state index is 0.436. The lowest BCUT2D eigenvalue weighted by molar-refractivity contribution is 0.485. The number of fused-ring (bicyclic) bond motifs is 7. The van der Waals surface area contributed by atoms with E-state index in [4.69, 9.17) is 11.3 Å². The Morgan fingerprint density at radius 2 is 2.09 bits per heavy atom. The molecule has 1 atom stereocenters. The van der Waals surface area contributed by atoms with Gasteiger partial charge in [0.15, 0.2) is 0 Å². The van der Waals surface area contributed by atoms with Crippen molar-refractivity contribution in [2.75, 3.05) is 18.0 Å². The normalized spacial score (nSPS) is 17.7. The molecule has 158 valence electrons. The molecule has 0 saturated carbocycles. The summed E-state index contributed by atoms with van der Waals surface area (Å²) in [6.45, 7) is 11.0. The number of ether oxygens (including phenoxy) is 1. The second-order valence-electron chi connectivity index (χ2n) is 8.50. The summed E-state index contributed by atoms with van der Waals surface area (Å²) in [5.41, 5.74) is 3.97. The van der Waals surface area contributed by atoms with Crippen molar-refractivity contribution in [1.82, 2.24) is 14.9 Å². The molecule has 1 fully saturated rings. The molecule has 1 N–H and O–H groups in total. The molecule has 1 aromatic heterocycles. The molecule has 6 rings (SSSR count). The third-order valence-electron chi connectivity index (χ3n) is 6.46. The Hall–Kier alpha value is -3.82. The van der Waals surface area contributed by atoms with E-state index in [0.29, 0.717) is 24.0 Å². The maximum Gasteiger partial charge on any atom is 0.228 e. The SMILES string of the molecule is [C-]#[N+]c1ccc2cc1Oc1ccc3cccc(c3c1)N1CC[C@H](C1)NCc1cncn1C2. The standard InChI is InChI=1S/C26H23N5O/c1-27-24-8-5-18-11-26(24)32-22-7-6-19-3-2-4-25(23(19)12-22)30-10-9-20(16-30)29-14-21-13-28-17-31(21)15-18/h2-8,11-13,17,20,29H,9-10,14-16H2/t20-/m1/s1. The summed E-state index contributed by atoms with van der Waals surface area (Å²) in [6.07, 6.45) is 4.91. The molecular weight excluding hydrogens is 398 g/mol. The van der Waals surface area contributed by atoms with Crippen molar-refractivity contribution in [3.8, 4) is 11.5 Å². The first-order chi connectivity index (χ1) is 15.8. The Labute approximate surface area is 186 Å². The van der Waals surface area contributed by atoms with Gasteiger partial charge in [0, 0.05) is 49.5 Å². The van der Waals surface area contributed by atoms with Gasteiger partial charge in [0.2, 0.25) is 5.69 Å². The molecule has 3 heterocycles. The van der Waals surface area contributed by atoms with Crippen LogP contribution in [-0.4, -0.2) is 28.7 Å². The predicted octanol–water partition coefficient (Wildman–Crippen LogP) is 5.11. The highest BCUT2D eigenvalue weighted by Gasteiger charge is 2.24. The first-order valence-corrected chi connectivity index (χ1v) is 11.0. The number of nitrogens with zero attached hydrogens (tertiary/aromatic N) is 4. The van der Waals surface area contributed by atoms with Crippen molar-refractivity contribution in [2.45, 2.75) is 25.6 Å². The molecule has 6 nitrogen and oxygen atoms in total. The third kappa shape index (κ3) is 3.37. The average molecular weight is 422 g/mol. The van der Waals surface area contributed by atoms with Gasteiger partial charge in [-0.15, -0.1) is 0 Å². The zero-order chi connectivity index (χ0) is 21.5. The largest absolute Gasteiger partial charge is 0.468 e. The van der Waals surface area contributed by atoms with Crippen LogP contribution in [0.5, 0.6) is 11.5 Å². The molecule has 0 unspecified atom stereocenters. The van der Waals surface area contributed by atoms with E-state index < -0.39 is 0 Å². The second-order valence-corrected chi connectivity index (χ2v) is 8.50. The molecule has 3 aromatic carbocycles. The third-order valence-corrected chi connectivity index (χ3v) is 6.46. The van der Waals surface area contributed by atoms with Crippen LogP contribution in [0.15, 0.2) is 67.1 Å². The van der Waals surface area contributed by atoms with Crippen LogP contribution in [0, 0.1) is 6.57 Å². The minimum atomic E-state index is 0.436. The van der Waals surface area contributed by atoms with Gasteiger partial charge >= 0.3 is 0 Å². The molecular formula is C26H23N5O. The van der Waals surface area contributed by atoms with Gasteiger partial charge in [-0.2, -0.15) is 0 Å². The summed E-state index contributed by atoms with van der Waals surface area (Å²) < 4.78 is 8.44. The fourth-order valence-electron chi connectivity index (χ4n) is 4.76. The van der Waals surface area contributed by atoms with Crippen molar-refractivity contribution in [3.05, 3.63) is 89.8 Å². The Morgan fingerprint density at radius 3 is 3.03 bits per heavy atom. The Bertz CT molecular complexity index is 1350.